The molecule has 0 saturated carbocycles. The van der Waals surface area contributed by atoms with E-state index < -0.39 is 4.92 Å². The number of hydrogen-bond donors (Lipinski definition) is 1. The number of benzene rings is 1. The maximum absolute atomic E-state index is 11.5. The molecule has 2 heterocycles. The summed E-state index contributed by atoms with van der Waals surface area (Å²) in [7, 11) is 1.83. The number of nitrogens with zero attached hydrogens (tertiary/aromatic N) is 4. The minimum Gasteiger partial charge on any atom is -0.393 e. The third kappa shape index (κ3) is 2.55. The SMILES string of the molecule is Cc1noc(C)c1-c1cc(-c2c(C)nn(C)c2C)c(N)c([N+](=O)[O-])c1. The van der Waals surface area contributed by atoms with Crippen molar-refractivity contribution >= 4 is 11.4 Å². The van der Waals surface area contributed by atoms with Crippen molar-refractivity contribution in [3.05, 3.63) is 45.1 Å². The zero-order valence-corrected chi connectivity index (χ0v) is 14.7. The van der Waals surface area contributed by atoms with Gasteiger partial charge in [0, 0.05) is 35.5 Å². The van der Waals surface area contributed by atoms with Crippen molar-refractivity contribution in [3.63, 3.8) is 0 Å². The summed E-state index contributed by atoms with van der Waals surface area (Å²) >= 11 is 0. The maximum atomic E-state index is 11.5. The summed E-state index contributed by atoms with van der Waals surface area (Å²) in [6.07, 6.45) is 0. The lowest BCUT2D eigenvalue weighted by atomic mass is 9.94. The summed E-state index contributed by atoms with van der Waals surface area (Å²) in [5.41, 5.74) is 11.2. The molecule has 0 bridgehead atoms. The molecule has 0 radical (unpaired) electrons. The fraction of sp³-hybridized carbons (Fsp3) is 0.294. The Morgan fingerprint density at radius 1 is 1.16 bits per heavy atom. The minimum atomic E-state index is -0.471. The largest absolute Gasteiger partial charge is 0.393 e. The van der Waals surface area contributed by atoms with Crippen LogP contribution in [-0.2, 0) is 7.05 Å². The van der Waals surface area contributed by atoms with E-state index in [0.717, 1.165) is 22.5 Å². The van der Waals surface area contributed by atoms with Crippen molar-refractivity contribution in [1.29, 1.82) is 0 Å². The van der Waals surface area contributed by atoms with Gasteiger partial charge in [-0.05, 0) is 39.3 Å². The average Bonchev–Trinajstić information content (AvgIpc) is 2.99. The van der Waals surface area contributed by atoms with E-state index in [1.807, 2.05) is 27.0 Å². The second-order valence-corrected chi connectivity index (χ2v) is 6.08. The van der Waals surface area contributed by atoms with Crippen LogP contribution in [0.5, 0.6) is 0 Å². The topological polar surface area (TPSA) is 113 Å². The van der Waals surface area contributed by atoms with Crippen LogP contribution in [0, 0.1) is 37.8 Å². The number of nitrogen functional groups attached to an aromatic ring is 1. The highest BCUT2D eigenvalue weighted by atomic mass is 16.6. The lowest BCUT2D eigenvalue weighted by molar-refractivity contribution is -0.383. The quantitative estimate of drug-likeness (QED) is 0.443. The van der Waals surface area contributed by atoms with Crippen LogP contribution in [0.15, 0.2) is 16.7 Å². The minimum absolute atomic E-state index is 0.125. The highest BCUT2D eigenvalue weighted by molar-refractivity contribution is 5.90. The summed E-state index contributed by atoms with van der Waals surface area (Å²) in [6, 6.07) is 3.30. The lowest BCUT2D eigenvalue weighted by Gasteiger charge is -2.11. The molecule has 8 heteroatoms. The monoisotopic (exact) mass is 341 g/mol. The first kappa shape index (κ1) is 16.7. The normalized spacial score (nSPS) is 11.1. The Hall–Kier alpha value is -3.16. The highest BCUT2D eigenvalue weighted by Crippen LogP contribution is 2.41. The van der Waals surface area contributed by atoms with E-state index in [1.165, 1.54) is 6.07 Å². The number of anilines is 1. The summed E-state index contributed by atoms with van der Waals surface area (Å²) in [4.78, 5) is 11.1. The van der Waals surface area contributed by atoms with E-state index in [2.05, 4.69) is 10.3 Å². The third-order valence-corrected chi connectivity index (χ3v) is 4.46. The summed E-state index contributed by atoms with van der Waals surface area (Å²) in [5.74, 6) is 0.599. The van der Waals surface area contributed by atoms with Crippen LogP contribution in [0.2, 0.25) is 0 Å². The van der Waals surface area contributed by atoms with Crippen LogP contribution in [0.3, 0.4) is 0 Å². The number of aryl methyl sites for hydroxylation is 4. The van der Waals surface area contributed by atoms with Crippen molar-refractivity contribution in [1.82, 2.24) is 14.9 Å². The smallest absolute Gasteiger partial charge is 0.293 e. The second-order valence-electron chi connectivity index (χ2n) is 6.08. The molecular weight excluding hydrogens is 322 g/mol. The Balaban J connectivity index is 2.38. The highest BCUT2D eigenvalue weighted by Gasteiger charge is 2.24. The van der Waals surface area contributed by atoms with Crippen LogP contribution >= 0.6 is 0 Å². The maximum Gasteiger partial charge on any atom is 0.293 e. The molecule has 8 nitrogen and oxygen atoms in total. The van der Waals surface area contributed by atoms with Gasteiger partial charge in [-0.25, -0.2) is 0 Å². The molecule has 3 rings (SSSR count). The fourth-order valence-electron chi connectivity index (χ4n) is 3.20. The Kier molecular flexibility index (Phi) is 3.82. The molecule has 0 atom stereocenters. The Bertz CT molecular complexity index is 981. The van der Waals surface area contributed by atoms with E-state index in [1.54, 1.807) is 18.5 Å². The first-order chi connectivity index (χ1) is 11.7. The van der Waals surface area contributed by atoms with Crippen LogP contribution in [0.1, 0.15) is 22.8 Å². The van der Waals surface area contributed by atoms with Crippen molar-refractivity contribution in [3.8, 4) is 22.3 Å². The second kappa shape index (κ2) is 5.73. The predicted octanol–water partition coefficient (Wildman–Crippen LogP) is 3.47. The molecule has 0 unspecified atom stereocenters. The molecule has 0 aliphatic carbocycles. The average molecular weight is 341 g/mol. The Morgan fingerprint density at radius 2 is 1.84 bits per heavy atom. The van der Waals surface area contributed by atoms with E-state index in [4.69, 9.17) is 10.3 Å². The van der Waals surface area contributed by atoms with E-state index >= 15 is 0 Å². The van der Waals surface area contributed by atoms with Gasteiger partial charge in [-0.1, -0.05) is 5.16 Å². The first-order valence-electron chi connectivity index (χ1n) is 7.74. The fourth-order valence-corrected chi connectivity index (χ4v) is 3.20. The van der Waals surface area contributed by atoms with Gasteiger partial charge in [-0.15, -0.1) is 0 Å². The zero-order chi connectivity index (χ0) is 18.5. The van der Waals surface area contributed by atoms with Gasteiger partial charge < -0.3 is 10.3 Å². The molecule has 130 valence electrons. The number of nitrogens with two attached hydrogens (primary N) is 1. The molecule has 0 amide bonds. The van der Waals surface area contributed by atoms with Crippen molar-refractivity contribution < 1.29 is 9.45 Å². The predicted molar refractivity (Wildman–Crippen MR) is 94.2 cm³/mol. The van der Waals surface area contributed by atoms with E-state index in [0.29, 0.717) is 22.6 Å². The molecule has 0 fully saturated rings. The van der Waals surface area contributed by atoms with Crippen molar-refractivity contribution in [2.75, 3.05) is 5.73 Å². The van der Waals surface area contributed by atoms with Crippen LogP contribution in [0.25, 0.3) is 22.3 Å². The van der Waals surface area contributed by atoms with Crippen LogP contribution < -0.4 is 5.73 Å². The number of hydrogen-bond acceptors (Lipinski definition) is 6. The van der Waals surface area contributed by atoms with Gasteiger partial charge >= 0.3 is 0 Å². The number of nitro groups is 1. The van der Waals surface area contributed by atoms with Gasteiger partial charge in [0.15, 0.2) is 0 Å². The summed E-state index contributed by atoms with van der Waals surface area (Å²) < 4.78 is 6.94. The molecule has 2 N–H and O–H groups in total. The standard InChI is InChI=1S/C17H19N5O3/c1-8-15(10(3)21(5)19-8)13-6-12(7-14(17(13)18)22(23)24)16-9(2)20-25-11(16)4/h6-7H,18H2,1-5H3. The lowest BCUT2D eigenvalue weighted by Crippen LogP contribution is -2.01. The first-order valence-corrected chi connectivity index (χ1v) is 7.74. The Morgan fingerprint density at radius 3 is 2.32 bits per heavy atom. The van der Waals surface area contributed by atoms with Gasteiger partial charge in [0.1, 0.15) is 11.4 Å². The third-order valence-electron chi connectivity index (χ3n) is 4.46. The van der Waals surface area contributed by atoms with Crippen LogP contribution in [-0.4, -0.2) is 19.9 Å². The van der Waals surface area contributed by atoms with Gasteiger partial charge in [0.05, 0.1) is 16.3 Å². The molecule has 0 spiro atoms. The summed E-state index contributed by atoms with van der Waals surface area (Å²) in [6.45, 7) is 7.34. The van der Waals surface area contributed by atoms with Gasteiger partial charge in [-0.2, -0.15) is 5.10 Å². The van der Waals surface area contributed by atoms with Gasteiger partial charge in [0.2, 0.25) is 0 Å². The summed E-state index contributed by atoms with van der Waals surface area (Å²) in [5, 5.41) is 19.9. The Labute approximate surface area is 144 Å². The molecule has 0 aliphatic heterocycles. The molecule has 0 saturated heterocycles. The number of nitro benzene ring substituents is 1. The van der Waals surface area contributed by atoms with E-state index in [9.17, 15) is 10.1 Å². The molecule has 1 aromatic carbocycles. The molecule has 25 heavy (non-hydrogen) atoms. The van der Waals surface area contributed by atoms with Crippen LogP contribution in [0.4, 0.5) is 11.4 Å². The molecular formula is C17H19N5O3. The van der Waals surface area contributed by atoms with Gasteiger partial charge in [-0.3, -0.25) is 14.8 Å². The molecule has 0 aliphatic rings. The number of aromatic nitrogens is 3. The van der Waals surface area contributed by atoms with Gasteiger partial charge in [0.25, 0.3) is 5.69 Å². The molecule has 3 aromatic rings. The molecule has 2 aromatic heterocycles. The zero-order valence-electron chi connectivity index (χ0n) is 14.7. The number of rotatable bonds is 3. The van der Waals surface area contributed by atoms with E-state index in [-0.39, 0.29) is 11.4 Å². The van der Waals surface area contributed by atoms with Crippen molar-refractivity contribution in [2.24, 2.45) is 7.05 Å². The van der Waals surface area contributed by atoms with Crippen molar-refractivity contribution in [2.45, 2.75) is 27.7 Å².